The van der Waals surface area contributed by atoms with Crippen molar-refractivity contribution in [2.75, 3.05) is 4.31 Å². The molecule has 0 bridgehead atoms. The summed E-state index contributed by atoms with van der Waals surface area (Å²) in [6.07, 6.45) is 0. The Kier molecular flexibility index (Phi) is 4.91. The lowest BCUT2D eigenvalue weighted by molar-refractivity contribution is 0.357. The molecule has 0 saturated carbocycles. The topological polar surface area (TPSA) is 96.4 Å². The number of nitrogens with zero attached hydrogens (tertiary/aromatic N) is 2. The minimum absolute atomic E-state index is 0.0136. The molecule has 0 spiro atoms. The molecule has 6 nitrogen and oxygen atoms in total. The first kappa shape index (κ1) is 20.8. The number of allylic oxidation sites excluding steroid dienone is 2. The van der Waals surface area contributed by atoms with Gasteiger partial charge in [0.2, 0.25) is 5.88 Å². The molecule has 0 amide bonds. The van der Waals surface area contributed by atoms with Gasteiger partial charge in [0.1, 0.15) is 22.4 Å². The summed E-state index contributed by atoms with van der Waals surface area (Å²) in [6, 6.07) is 23.7. The molecule has 2 heterocycles. The minimum atomic E-state index is -4.24. The number of halogens is 1. The van der Waals surface area contributed by atoms with Crippen molar-refractivity contribution in [3.63, 3.8) is 0 Å². The van der Waals surface area contributed by atoms with E-state index in [2.05, 4.69) is 0 Å². The first-order chi connectivity index (χ1) is 15.9. The fourth-order valence-corrected chi connectivity index (χ4v) is 6.15. The molecule has 0 saturated heterocycles. The van der Waals surface area contributed by atoms with Crippen LogP contribution in [0.5, 0.6) is 0 Å². The van der Waals surface area contributed by atoms with Gasteiger partial charge >= 0.3 is 0 Å². The SMILES string of the molecule is N#CC1=C(N)OC2=C([C@H]1c1ccccc1F)S(=O)(=O)N(Cc1ccccc1)c1ccccc12. The minimum Gasteiger partial charge on any atom is -0.439 e. The van der Waals surface area contributed by atoms with E-state index in [1.54, 1.807) is 30.3 Å². The van der Waals surface area contributed by atoms with E-state index < -0.39 is 21.8 Å². The summed E-state index contributed by atoms with van der Waals surface area (Å²) >= 11 is 0. The van der Waals surface area contributed by atoms with Crippen LogP contribution in [-0.4, -0.2) is 8.42 Å². The van der Waals surface area contributed by atoms with Crippen molar-refractivity contribution in [2.45, 2.75) is 12.5 Å². The van der Waals surface area contributed by atoms with Crippen LogP contribution >= 0.6 is 0 Å². The Balaban J connectivity index is 1.79. The van der Waals surface area contributed by atoms with Crippen molar-refractivity contribution in [1.82, 2.24) is 0 Å². The highest BCUT2D eigenvalue weighted by Crippen LogP contribution is 2.51. The quantitative estimate of drug-likeness (QED) is 0.628. The molecule has 0 aliphatic carbocycles. The number of para-hydroxylation sites is 1. The zero-order valence-electron chi connectivity index (χ0n) is 17.3. The van der Waals surface area contributed by atoms with Gasteiger partial charge in [-0.25, -0.2) is 12.8 Å². The molecule has 0 radical (unpaired) electrons. The average Bonchev–Trinajstić information content (AvgIpc) is 2.82. The van der Waals surface area contributed by atoms with E-state index in [1.165, 1.54) is 22.5 Å². The van der Waals surface area contributed by atoms with Gasteiger partial charge in [0, 0.05) is 11.1 Å². The van der Waals surface area contributed by atoms with E-state index in [4.69, 9.17) is 10.5 Å². The van der Waals surface area contributed by atoms with Gasteiger partial charge in [0.25, 0.3) is 10.0 Å². The molecule has 3 aromatic carbocycles. The van der Waals surface area contributed by atoms with E-state index in [9.17, 15) is 18.1 Å². The fourth-order valence-electron chi connectivity index (χ4n) is 4.25. The summed E-state index contributed by atoms with van der Waals surface area (Å²) in [5.74, 6) is -2.11. The van der Waals surface area contributed by atoms with Crippen LogP contribution in [0.1, 0.15) is 22.6 Å². The van der Waals surface area contributed by atoms with Crippen LogP contribution < -0.4 is 10.0 Å². The maximum atomic E-state index is 14.9. The largest absolute Gasteiger partial charge is 0.439 e. The molecule has 33 heavy (non-hydrogen) atoms. The predicted octanol–water partition coefficient (Wildman–Crippen LogP) is 4.35. The summed E-state index contributed by atoms with van der Waals surface area (Å²) in [7, 11) is -4.24. The van der Waals surface area contributed by atoms with Crippen LogP contribution in [0.25, 0.3) is 5.76 Å². The van der Waals surface area contributed by atoms with Gasteiger partial charge in [0.15, 0.2) is 5.76 Å². The number of anilines is 1. The standard InChI is InChI=1S/C25H18FN3O3S/c26-20-12-6-4-10-17(20)22-19(14-27)25(28)32-23-18-11-5-7-13-21(18)29(33(30,31)24(22)23)15-16-8-2-1-3-9-16/h1-13,22H,15,28H2/t22-/m0/s1. The Hall–Kier alpha value is -4.09. The smallest absolute Gasteiger partial charge is 0.265 e. The third-order valence-electron chi connectivity index (χ3n) is 5.74. The fraction of sp³-hybridized carbons (Fsp3) is 0.0800. The van der Waals surface area contributed by atoms with Gasteiger partial charge in [-0.15, -0.1) is 0 Å². The number of ether oxygens (including phenoxy) is 1. The van der Waals surface area contributed by atoms with Gasteiger partial charge in [-0.1, -0.05) is 60.7 Å². The van der Waals surface area contributed by atoms with Crippen LogP contribution in [0.4, 0.5) is 10.1 Å². The molecule has 1 atom stereocenters. The second kappa shape index (κ2) is 7.80. The number of sulfonamides is 1. The number of hydrogen-bond donors (Lipinski definition) is 1. The summed E-state index contributed by atoms with van der Waals surface area (Å²) in [4.78, 5) is -0.201. The maximum Gasteiger partial charge on any atom is 0.265 e. The van der Waals surface area contributed by atoms with E-state index in [0.717, 1.165) is 5.56 Å². The highest BCUT2D eigenvalue weighted by atomic mass is 32.2. The first-order valence-electron chi connectivity index (χ1n) is 10.2. The molecular formula is C25H18FN3O3S. The molecule has 0 unspecified atom stereocenters. The van der Waals surface area contributed by atoms with Crippen molar-refractivity contribution in [3.8, 4) is 6.07 Å². The van der Waals surface area contributed by atoms with E-state index in [1.807, 2.05) is 36.4 Å². The Morgan fingerprint density at radius 1 is 1.00 bits per heavy atom. The highest BCUT2D eigenvalue weighted by molar-refractivity contribution is 7.96. The monoisotopic (exact) mass is 459 g/mol. The van der Waals surface area contributed by atoms with Gasteiger partial charge in [-0.05, 0) is 23.8 Å². The molecule has 2 aliphatic heterocycles. The third-order valence-corrected chi connectivity index (χ3v) is 7.63. The molecular weight excluding hydrogens is 441 g/mol. The van der Waals surface area contributed by atoms with Crippen LogP contribution in [0, 0.1) is 17.1 Å². The zero-order chi connectivity index (χ0) is 23.2. The molecule has 0 aromatic heterocycles. The number of hydrogen-bond acceptors (Lipinski definition) is 5. The number of nitriles is 1. The highest BCUT2D eigenvalue weighted by Gasteiger charge is 2.47. The van der Waals surface area contributed by atoms with E-state index in [-0.39, 0.29) is 34.2 Å². The predicted molar refractivity (Wildman–Crippen MR) is 122 cm³/mol. The lowest BCUT2D eigenvalue weighted by Gasteiger charge is -2.38. The van der Waals surface area contributed by atoms with Gasteiger partial charge < -0.3 is 10.5 Å². The van der Waals surface area contributed by atoms with Crippen LogP contribution in [0.2, 0.25) is 0 Å². The van der Waals surface area contributed by atoms with E-state index >= 15 is 0 Å². The summed E-state index contributed by atoms with van der Waals surface area (Å²) in [5, 5.41) is 9.82. The van der Waals surface area contributed by atoms with Gasteiger partial charge in [-0.3, -0.25) is 4.31 Å². The normalized spacial score (nSPS) is 18.8. The summed E-state index contributed by atoms with van der Waals surface area (Å²) in [6.45, 7) is 0.0576. The number of rotatable bonds is 3. The molecule has 3 aromatic rings. The lowest BCUT2D eigenvalue weighted by atomic mass is 9.88. The molecule has 2 aliphatic rings. The van der Waals surface area contributed by atoms with Crippen molar-refractivity contribution in [2.24, 2.45) is 5.73 Å². The van der Waals surface area contributed by atoms with Crippen molar-refractivity contribution >= 4 is 21.5 Å². The lowest BCUT2D eigenvalue weighted by Crippen LogP contribution is -2.39. The van der Waals surface area contributed by atoms with Gasteiger partial charge in [-0.2, -0.15) is 5.26 Å². The second-order valence-electron chi connectivity index (χ2n) is 7.65. The van der Waals surface area contributed by atoms with Crippen LogP contribution in [0.3, 0.4) is 0 Å². The second-order valence-corrected chi connectivity index (χ2v) is 9.48. The summed E-state index contributed by atoms with van der Waals surface area (Å²) < 4.78 is 50.1. The number of nitrogens with two attached hydrogens (primary N) is 1. The zero-order valence-corrected chi connectivity index (χ0v) is 18.1. The van der Waals surface area contributed by atoms with E-state index in [0.29, 0.717) is 11.3 Å². The third kappa shape index (κ3) is 3.25. The Morgan fingerprint density at radius 2 is 1.67 bits per heavy atom. The average molecular weight is 460 g/mol. The van der Waals surface area contributed by atoms with Crippen molar-refractivity contribution in [3.05, 3.63) is 118 Å². The molecule has 8 heteroatoms. The maximum absolute atomic E-state index is 14.9. The van der Waals surface area contributed by atoms with Crippen LogP contribution in [0.15, 0.2) is 95.2 Å². The number of benzene rings is 3. The number of fused-ring (bicyclic) bond motifs is 2. The summed E-state index contributed by atoms with van der Waals surface area (Å²) in [5.41, 5.74) is 7.62. The van der Waals surface area contributed by atoms with Gasteiger partial charge in [0.05, 0.1) is 18.2 Å². The molecule has 2 N–H and O–H groups in total. The van der Waals surface area contributed by atoms with Crippen LogP contribution in [-0.2, 0) is 21.3 Å². The van der Waals surface area contributed by atoms with Crippen molar-refractivity contribution < 1.29 is 17.5 Å². The Morgan fingerprint density at radius 3 is 2.39 bits per heavy atom. The Labute approximate surface area is 190 Å². The molecule has 0 fully saturated rings. The molecule has 5 rings (SSSR count). The van der Waals surface area contributed by atoms with Crippen molar-refractivity contribution in [1.29, 1.82) is 5.26 Å². The first-order valence-corrected chi connectivity index (χ1v) is 11.6. The Bertz CT molecular complexity index is 1470. The molecule has 164 valence electrons.